The number of nitro groups is 1. The van der Waals surface area contributed by atoms with E-state index >= 15 is 0 Å². The maximum Gasteiger partial charge on any atom is 0.270 e. The van der Waals surface area contributed by atoms with Crippen molar-refractivity contribution < 1.29 is 4.92 Å². The van der Waals surface area contributed by atoms with Crippen molar-refractivity contribution >= 4 is 21.6 Å². The molecule has 0 aromatic heterocycles. The average Bonchev–Trinajstić information content (AvgIpc) is 2.08. The fourth-order valence-corrected chi connectivity index (χ4v) is 1.69. The summed E-state index contributed by atoms with van der Waals surface area (Å²) < 4.78 is 0.823. The van der Waals surface area contributed by atoms with Gasteiger partial charge in [-0.2, -0.15) is 0 Å². The number of hydrogen-bond donors (Lipinski definition) is 0. The molecule has 0 N–H and O–H groups in total. The van der Waals surface area contributed by atoms with Gasteiger partial charge in [0, 0.05) is 16.6 Å². The highest BCUT2D eigenvalue weighted by molar-refractivity contribution is 9.10. The molecule has 3 nitrogen and oxygen atoms in total. The van der Waals surface area contributed by atoms with Crippen molar-refractivity contribution in [2.75, 3.05) is 0 Å². The Bertz CT molecular complexity index is 325. The van der Waals surface area contributed by atoms with Crippen LogP contribution in [0.2, 0.25) is 0 Å². The largest absolute Gasteiger partial charge is 0.270 e. The Morgan fingerprint density at radius 1 is 1.54 bits per heavy atom. The number of nitrogens with zero attached hydrogens (tertiary/aromatic N) is 1. The molecular weight excluding hydrogens is 234 g/mol. The molecule has 0 fully saturated rings. The summed E-state index contributed by atoms with van der Waals surface area (Å²) in [5.41, 5.74) is 1.25. The summed E-state index contributed by atoms with van der Waals surface area (Å²) in [5, 5.41) is 10.4. The van der Waals surface area contributed by atoms with Crippen molar-refractivity contribution in [1.82, 2.24) is 0 Å². The molecule has 0 unspecified atom stereocenters. The van der Waals surface area contributed by atoms with Gasteiger partial charge in [0.1, 0.15) is 0 Å². The van der Waals surface area contributed by atoms with Crippen molar-refractivity contribution in [1.29, 1.82) is 0 Å². The highest BCUT2D eigenvalue weighted by atomic mass is 79.9. The SMILES string of the molecule is CCCc1ccc([N+](=O)[O-])cc1Br. The lowest BCUT2D eigenvalue weighted by molar-refractivity contribution is -0.384. The van der Waals surface area contributed by atoms with E-state index in [2.05, 4.69) is 22.9 Å². The average molecular weight is 244 g/mol. The van der Waals surface area contributed by atoms with E-state index in [1.807, 2.05) is 0 Å². The molecule has 0 radical (unpaired) electrons. The molecule has 0 saturated carbocycles. The topological polar surface area (TPSA) is 43.1 Å². The molecule has 0 spiro atoms. The van der Waals surface area contributed by atoms with Gasteiger partial charge in [-0.05, 0) is 12.0 Å². The van der Waals surface area contributed by atoms with Crippen LogP contribution in [0.5, 0.6) is 0 Å². The molecule has 0 amide bonds. The quantitative estimate of drug-likeness (QED) is 0.604. The Hall–Kier alpha value is -0.900. The third-order valence-electron chi connectivity index (χ3n) is 1.77. The van der Waals surface area contributed by atoms with Crippen LogP contribution in [0.4, 0.5) is 5.69 Å². The molecule has 4 heteroatoms. The molecule has 0 bridgehead atoms. The molecule has 0 aliphatic rings. The van der Waals surface area contributed by atoms with Crippen molar-refractivity contribution in [2.45, 2.75) is 19.8 Å². The molecular formula is C9H10BrNO2. The first kappa shape index (κ1) is 10.2. The molecule has 0 aliphatic carbocycles. The monoisotopic (exact) mass is 243 g/mol. The molecule has 1 aromatic carbocycles. The van der Waals surface area contributed by atoms with Crippen LogP contribution in [0.3, 0.4) is 0 Å². The molecule has 70 valence electrons. The number of halogens is 1. The van der Waals surface area contributed by atoms with E-state index in [-0.39, 0.29) is 10.6 Å². The number of hydrogen-bond acceptors (Lipinski definition) is 2. The molecule has 1 aromatic rings. The summed E-state index contributed by atoms with van der Waals surface area (Å²) in [6.45, 7) is 2.08. The van der Waals surface area contributed by atoms with Crippen molar-refractivity contribution in [2.24, 2.45) is 0 Å². The number of benzene rings is 1. The highest BCUT2D eigenvalue weighted by Crippen LogP contribution is 2.23. The Kier molecular flexibility index (Phi) is 3.42. The lowest BCUT2D eigenvalue weighted by atomic mass is 10.1. The van der Waals surface area contributed by atoms with Crippen LogP contribution in [-0.4, -0.2) is 4.92 Å². The van der Waals surface area contributed by atoms with E-state index in [9.17, 15) is 10.1 Å². The van der Waals surface area contributed by atoms with Crippen LogP contribution in [0.1, 0.15) is 18.9 Å². The summed E-state index contributed by atoms with van der Waals surface area (Å²) in [6, 6.07) is 4.88. The van der Waals surface area contributed by atoms with Gasteiger partial charge in [0.15, 0.2) is 0 Å². The lowest BCUT2D eigenvalue weighted by Gasteiger charge is -2.01. The summed E-state index contributed by atoms with van der Waals surface area (Å²) in [4.78, 5) is 10.0. The number of nitro benzene ring substituents is 1. The van der Waals surface area contributed by atoms with Gasteiger partial charge in [-0.25, -0.2) is 0 Å². The Morgan fingerprint density at radius 2 is 2.23 bits per heavy atom. The normalized spacial score (nSPS) is 10.0. The highest BCUT2D eigenvalue weighted by Gasteiger charge is 2.07. The second kappa shape index (κ2) is 4.37. The minimum Gasteiger partial charge on any atom is -0.258 e. The van der Waals surface area contributed by atoms with Gasteiger partial charge in [0.05, 0.1) is 4.92 Å². The minimum atomic E-state index is -0.388. The maximum atomic E-state index is 10.4. The first-order chi connectivity index (χ1) is 6.15. The first-order valence-electron chi connectivity index (χ1n) is 4.08. The van der Waals surface area contributed by atoms with Gasteiger partial charge in [0.2, 0.25) is 0 Å². The molecule has 13 heavy (non-hydrogen) atoms. The second-order valence-corrected chi connectivity index (χ2v) is 3.64. The van der Waals surface area contributed by atoms with Gasteiger partial charge in [-0.15, -0.1) is 0 Å². The zero-order valence-corrected chi connectivity index (χ0v) is 8.87. The van der Waals surface area contributed by atoms with Gasteiger partial charge in [-0.3, -0.25) is 10.1 Å². The third-order valence-corrected chi connectivity index (χ3v) is 2.51. The summed E-state index contributed by atoms with van der Waals surface area (Å²) >= 11 is 3.31. The van der Waals surface area contributed by atoms with Gasteiger partial charge in [0.25, 0.3) is 5.69 Å². The van der Waals surface area contributed by atoms with Gasteiger partial charge < -0.3 is 0 Å². The standard InChI is InChI=1S/C9H10BrNO2/c1-2-3-7-4-5-8(11(12)13)6-9(7)10/h4-6H,2-3H2,1H3. The number of non-ortho nitro benzene ring substituents is 1. The Balaban J connectivity index is 2.98. The van der Waals surface area contributed by atoms with E-state index in [1.165, 1.54) is 6.07 Å². The zero-order chi connectivity index (χ0) is 9.84. The van der Waals surface area contributed by atoms with Gasteiger partial charge >= 0.3 is 0 Å². The fraction of sp³-hybridized carbons (Fsp3) is 0.333. The van der Waals surface area contributed by atoms with Crippen molar-refractivity contribution in [3.05, 3.63) is 38.3 Å². The minimum absolute atomic E-state index is 0.131. The Labute approximate surface area is 85.0 Å². The van der Waals surface area contributed by atoms with E-state index in [4.69, 9.17) is 0 Å². The summed E-state index contributed by atoms with van der Waals surface area (Å²) in [6.07, 6.45) is 1.98. The van der Waals surface area contributed by atoms with E-state index in [1.54, 1.807) is 12.1 Å². The van der Waals surface area contributed by atoms with Crippen LogP contribution in [-0.2, 0) is 6.42 Å². The second-order valence-electron chi connectivity index (χ2n) is 2.78. The van der Waals surface area contributed by atoms with Crippen molar-refractivity contribution in [3.8, 4) is 0 Å². The first-order valence-corrected chi connectivity index (χ1v) is 4.87. The molecule has 0 atom stereocenters. The molecule has 0 heterocycles. The van der Waals surface area contributed by atoms with E-state index in [0.717, 1.165) is 22.9 Å². The molecule has 0 saturated heterocycles. The van der Waals surface area contributed by atoms with E-state index < -0.39 is 0 Å². The summed E-state index contributed by atoms with van der Waals surface area (Å²) in [7, 11) is 0. The van der Waals surface area contributed by atoms with Crippen LogP contribution in [0, 0.1) is 10.1 Å². The van der Waals surface area contributed by atoms with Crippen LogP contribution < -0.4 is 0 Å². The Morgan fingerprint density at radius 3 is 2.69 bits per heavy atom. The number of rotatable bonds is 3. The van der Waals surface area contributed by atoms with Gasteiger partial charge in [-0.1, -0.05) is 35.3 Å². The fourth-order valence-electron chi connectivity index (χ4n) is 1.12. The van der Waals surface area contributed by atoms with Crippen LogP contribution >= 0.6 is 15.9 Å². The molecule has 1 rings (SSSR count). The number of aryl methyl sites for hydroxylation is 1. The smallest absolute Gasteiger partial charge is 0.258 e. The van der Waals surface area contributed by atoms with Crippen LogP contribution in [0.15, 0.2) is 22.7 Å². The maximum absolute atomic E-state index is 10.4. The predicted octanol–water partition coefficient (Wildman–Crippen LogP) is 3.31. The van der Waals surface area contributed by atoms with Crippen molar-refractivity contribution in [3.63, 3.8) is 0 Å². The predicted molar refractivity (Wildman–Crippen MR) is 54.8 cm³/mol. The third kappa shape index (κ3) is 2.52. The van der Waals surface area contributed by atoms with Crippen LogP contribution in [0.25, 0.3) is 0 Å². The zero-order valence-electron chi connectivity index (χ0n) is 7.29. The lowest BCUT2D eigenvalue weighted by Crippen LogP contribution is -1.90. The summed E-state index contributed by atoms with van der Waals surface area (Å²) in [5.74, 6) is 0. The molecule has 0 aliphatic heterocycles. The van der Waals surface area contributed by atoms with E-state index in [0.29, 0.717) is 0 Å².